The van der Waals surface area contributed by atoms with E-state index in [9.17, 15) is 8.42 Å². The van der Waals surface area contributed by atoms with E-state index in [-0.39, 0.29) is 4.90 Å². The molecule has 4 N–H and O–H groups in total. The third-order valence-corrected chi connectivity index (χ3v) is 5.12. The normalized spacial score (nSPS) is 11.8. The molecule has 0 aliphatic heterocycles. The van der Waals surface area contributed by atoms with Crippen LogP contribution in [0, 0.1) is 0 Å². The Hall–Kier alpha value is -3.17. The van der Waals surface area contributed by atoms with Crippen molar-refractivity contribution in [3.05, 3.63) is 48.8 Å². The van der Waals surface area contributed by atoms with Gasteiger partial charge in [-0.2, -0.15) is 10.2 Å². The molecule has 0 fully saturated rings. The molecule has 0 saturated heterocycles. The predicted octanol–water partition coefficient (Wildman–Crippen LogP) is 2.67. The molecule has 2 heterocycles. The molecule has 0 amide bonds. The zero-order valence-corrected chi connectivity index (χ0v) is 15.2. The molecule has 4 aromatic rings. The Bertz CT molecular complexity index is 1210. The second kappa shape index (κ2) is 6.53. The fourth-order valence-electron chi connectivity index (χ4n) is 2.98. The molecule has 9 heteroatoms. The second-order valence-electron chi connectivity index (χ2n) is 5.96. The SMILES string of the molecule is CCOc1cc2c(-c3cccc(S(N)(=O)=O)c3)n[nH]c2cc1-c1cn[nH]c1. The first kappa shape index (κ1) is 17.3. The summed E-state index contributed by atoms with van der Waals surface area (Å²) in [6.45, 7) is 2.42. The van der Waals surface area contributed by atoms with Crippen LogP contribution in [0.1, 0.15) is 6.92 Å². The van der Waals surface area contributed by atoms with E-state index in [0.29, 0.717) is 23.6 Å². The zero-order valence-electron chi connectivity index (χ0n) is 14.4. The number of fused-ring (bicyclic) bond motifs is 1. The van der Waals surface area contributed by atoms with E-state index in [1.807, 2.05) is 19.1 Å². The number of aromatic nitrogens is 4. The van der Waals surface area contributed by atoms with Crippen molar-refractivity contribution >= 4 is 20.9 Å². The topological polar surface area (TPSA) is 127 Å². The molecule has 0 radical (unpaired) electrons. The van der Waals surface area contributed by atoms with Crippen LogP contribution in [0.4, 0.5) is 0 Å². The Balaban J connectivity index is 1.90. The van der Waals surface area contributed by atoms with Gasteiger partial charge in [-0.25, -0.2) is 13.6 Å². The lowest BCUT2D eigenvalue weighted by Gasteiger charge is -2.10. The third-order valence-electron chi connectivity index (χ3n) is 4.21. The number of hydrogen-bond donors (Lipinski definition) is 3. The van der Waals surface area contributed by atoms with Crippen molar-refractivity contribution in [2.75, 3.05) is 6.61 Å². The Morgan fingerprint density at radius 1 is 1.19 bits per heavy atom. The van der Waals surface area contributed by atoms with Gasteiger partial charge in [0, 0.05) is 28.3 Å². The van der Waals surface area contributed by atoms with Crippen molar-refractivity contribution in [2.45, 2.75) is 11.8 Å². The maximum atomic E-state index is 11.7. The number of nitrogens with zero attached hydrogens (tertiary/aromatic N) is 2. The Morgan fingerprint density at radius 3 is 2.74 bits per heavy atom. The first-order chi connectivity index (χ1) is 13.0. The van der Waals surface area contributed by atoms with Gasteiger partial charge in [0.1, 0.15) is 11.4 Å². The van der Waals surface area contributed by atoms with E-state index < -0.39 is 10.0 Å². The van der Waals surface area contributed by atoms with E-state index >= 15 is 0 Å². The van der Waals surface area contributed by atoms with Gasteiger partial charge < -0.3 is 4.74 Å². The van der Waals surface area contributed by atoms with Crippen LogP contribution >= 0.6 is 0 Å². The van der Waals surface area contributed by atoms with Gasteiger partial charge in [0.2, 0.25) is 10.0 Å². The fourth-order valence-corrected chi connectivity index (χ4v) is 3.54. The molecule has 0 aliphatic rings. The van der Waals surface area contributed by atoms with E-state index in [4.69, 9.17) is 9.88 Å². The lowest BCUT2D eigenvalue weighted by atomic mass is 10.0. The Kier molecular flexibility index (Phi) is 4.17. The number of nitrogens with two attached hydrogens (primary N) is 1. The highest BCUT2D eigenvalue weighted by atomic mass is 32.2. The molecule has 0 atom stereocenters. The van der Waals surface area contributed by atoms with Gasteiger partial charge in [-0.05, 0) is 31.2 Å². The standard InChI is InChI=1S/C18H17N5O3S/c1-2-26-17-8-15-16(7-14(17)12-9-20-21-10-12)22-23-18(15)11-4-3-5-13(6-11)27(19,24)25/h3-10H,2H2,1H3,(H,20,21)(H,22,23)(H2,19,24,25). The van der Waals surface area contributed by atoms with E-state index in [1.165, 1.54) is 12.1 Å². The maximum absolute atomic E-state index is 11.7. The van der Waals surface area contributed by atoms with Gasteiger partial charge >= 0.3 is 0 Å². The van der Waals surface area contributed by atoms with Crippen LogP contribution in [0.25, 0.3) is 33.3 Å². The van der Waals surface area contributed by atoms with Crippen LogP contribution in [0.2, 0.25) is 0 Å². The van der Waals surface area contributed by atoms with Crippen LogP contribution in [0.5, 0.6) is 5.75 Å². The predicted molar refractivity (Wildman–Crippen MR) is 102 cm³/mol. The summed E-state index contributed by atoms with van der Waals surface area (Å²) in [5.41, 5.74) is 3.84. The largest absolute Gasteiger partial charge is 0.493 e. The highest BCUT2D eigenvalue weighted by Crippen LogP contribution is 2.37. The van der Waals surface area contributed by atoms with Crippen molar-refractivity contribution in [3.8, 4) is 28.1 Å². The van der Waals surface area contributed by atoms with Gasteiger partial charge in [0.15, 0.2) is 0 Å². The summed E-state index contributed by atoms with van der Waals surface area (Å²) >= 11 is 0. The molecule has 0 bridgehead atoms. The molecule has 8 nitrogen and oxygen atoms in total. The summed E-state index contributed by atoms with van der Waals surface area (Å²) in [4.78, 5) is 0.0381. The number of ether oxygens (including phenoxy) is 1. The molecular weight excluding hydrogens is 366 g/mol. The number of hydrogen-bond acceptors (Lipinski definition) is 5. The number of aromatic amines is 2. The molecule has 0 saturated carbocycles. The summed E-state index contributed by atoms with van der Waals surface area (Å²) < 4.78 is 29.1. The lowest BCUT2D eigenvalue weighted by molar-refractivity contribution is 0.342. The van der Waals surface area contributed by atoms with Gasteiger partial charge in [0.05, 0.1) is 23.2 Å². The van der Waals surface area contributed by atoms with Gasteiger partial charge in [-0.1, -0.05) is 12.1 Å². The number of benzene rings is 2. The number of primary sulfonamides is 1. The first-order valence-electron chi connectivity index (χ1n) is 8.24. The molecule has 27 heavy (non-hydrogen) atoms. The monoisotopic (exact) mass is 383 g/mol. The van der Waals surface area contributed by atoms with Crippen molar-refractivity contribution in [1.29, 1.82) is 0 Å². The summed E-state index contributed by atoms with van der Waals surface area (Å²) in [5, 5.41) is 20.2. The number of H-pyrrole nitrogens is 2. The molecule has 0 aliphatic carbocycles. The highest BCUT2D eigenvalue weighted by molar-refractivity contribution is 7.89. The summed E-state index contributed by atoms with van der Waals surface area (Å²) in [5.74, 6) is 0.691. The highest BCUT2D eigenvalue weighted by Gasteiger charge is 2.16. The second-order valence-corrected chi connectivity index (χ2v) is 7.52. The van der Waals surface area contributed by atoms with Gasteiger partial charge in [-0.3, -0.25) is 10.2 Å². The van der Waals surface area contributed by atoms with Crippen molar-refractivity contribution in [2.24, 2.45) is 5.14 Å². The number of nitrogens with one attached hydrogen (secondary N) is 2. The van der Waals surface area contributed by atoms with Crippen LogP contribution in [-0.4, -0.2) is 35.4 Å². The smallest absolute Gasteiger partial charge is 0.238 e. The van der Waals surface area contributed by atoms with Crippen molar-refractivity contribution in [1.82, 2.24) is 20.4 Å². The van der Waals surface area contributed by atoms with E-state index in [1.54, 1.807) is 24.5 Å². The minimum Gasteiger partial charge on any atom is -0.493 e. The molecule has 138 valence electrons. The lowest BCUT2D eigenvalue weighted by Crippen LogP contribution is -2.11. The van der Waals surface area contributed by atoms with Crippen LogP contribution in [-0.2, 0) is 10.0 Å². The summed E-state index contributed by atoms with van der Waals surface area (Å²) in [7, 11) is -3.80. The van der Waals surface area contributed by atoms with Crippen molar-refractivity contribution in [3.63, 3.8) is 0 Å². The zero-order chi connectivity index (χ0) is 19.0. The molecular formula is C18H17N5O3S. The quantitative estimate of drug-likeness (QED) is 0.488. The molecule has 2 aromatic heterocycles. The van der Waals surface area contributed by atoms with E-state index in [2.05, 4.69) is 20.4 Å². The molecule has 4 rings (SSSR count). The third kappa shape index (κ3) is 3.18. The first-order valence-corrected chi connectivity index (χ1v) is 9.79. The van der Waals surface area contributed by atoms with Crippen LogP contribution < -0.4 is 9.88 Å². The van der Waals surface area contributed by atoms with Crippen LogP contribution in [0.15, 0.2) is 53.7 Å². The summed E-state index contributed by atoms with van der Waals surface area (Å²) in [6.07, 6.45) is 3.51. The van der Waals surface area contributed by atoms with Gasteiger partial charge in [0.25, 0.3) is 0 Å². The average molecular weight is 383 g/mol. The molecule has 2 aromatic carbocycles. The van der Waals surface area contributed by atoms with E-state index in [0.717, 1.165) is 22.0 Å². The average Bonchev–Trinajstić information content (AvgIpc) is 3.30. The molecule has 0 unspecified atom stereocenters. The minimum absolute atomic E-state index is 0.0381. The van der Waals surface area contributed by atoms with Gasteiger partial charge in [-0.15, -0.1) is 0 Å². The number of sulfonamides is 1. The number of rotatable bonds is 5. The Labute approximate surface area is 155 Å². The van der Waals surface area contributed by atoms with Crippen LogP contribution in [0.3, 0.4) is 0 Å². The fraction of sp³-hybridized carbons (Fsp3) is 0.111. The summed E-state index contributed by atoms with van der Waals surface area (Å²) in [6, 6.07) is 10.2. The maximum Gasteiger partial charge on any atom is 0.238 e. The minimum atomic E-state index is -3.80. The Morgan fingerprint density at radius 2 is 2.04 bits per heavy atom. The van der Waals surface area contributed by atoms with Crippen molar-refractivity contribution < 1.29 is 13.2 Å². The molecule has 0 spiro atoms.